The summed E-state index contributed by atoms with van der Waals surface area (Å²) in [4.78, 5) is 0. The fraction of sp³-hybridized carbons (Fsp3) is 0.500. The predicted octanol–water partition coefficient (Wildman–Crippen LogP) is 7.96. The van der Waals surface area contributed by atoms with Gasteiger partial charge in [-0.2, -0.15) is 13.2 Å². The largest absolute Gasteiger partial charge is 0.422 e. The van der Waals surface area contributed by atoms with Crippen LogP contribution >= 0.6 is 0 Å². The van der Waals surface area contributed by atoms with Crippen LogP contribution in [0.4, 0.5) is 30.7 Å². The average molecular weight is 485 g/mol. The minimum Gasteiger partial charge on any atom is -0.203 e. The first-order valence-corrected chi connectivity index (χ1v) is 20.1. The van der Waals surface area contributed by atoms with Crippen molar-refractivity contribution >= 4 is 29.8 Å². The quantitative estimate of drug-likeness (QED) is 0.231. The van der Waals surface area contributed by atoms with Gasteiger partial charge in [0.05, 0.1) is 29.8 Å². The number of benzene rings is 1. The molecule has 0 radical (unpaired) electrons. The summed E-state index contributed by atoms with van der Waals surface area (Å²) in [6.45, 7) is 18.0. The molecule has 0 spiro atoms. The normalized spacial score (nSPS) is 16.4. The van der Waals surface area contributed by atoms with Crippen molar-refractivity contribution in [3.8, 4) is 0 Å². The van der Waals surface area contributed by atoms with Gasteiger partial charge in [0.15, 0.2) is 23.3 Å². The van der Waals surface area contributed by atoms with Crippen molar-refractivity contribution in [2.24, 2.45) is 0 Å². The van der Waals surface area contributed by atoms with Gasteiger partial charge < -0.3 is 0 Å². The third-order valence-electron chi connectivity index (χ3n) is 5.05. The number of hydrogen-bond donors (Lipinski definition) is 0. The maximum atomic E-state index is 15.0. The minimum absolute atomic E-state index is 0.104. The highest BCUT2D eigenvalue weighted by atomic mass is 28.3. The lowest BCUT2D eigenvalue weighted by molar-refractivity contribution is -0.143. The van der Waals surface area contributed by atoms with Crippen molar-refractivity contribution in [1.29, 1.82) is 0 Å². The van der Waals surface area contributed by atoms with Gasteiger partial charge in [-0.05, 0) is 5.57 Å². The molecule has 0 unspecified atom stereocenters. The monoisotopic (exact) mass is 484 g/mol. The van der Waals surface area contributed by atoms with E-state index in [9.17, 15) is 30.7 Å². The van der Waals surface area contributed by atoms with Gasteiger partial charge in [0, 0.05) is 0 Å². The Balaban J connectivity index is 3.04. The van der Waals surface area contributed by atoms with Crippen LogP contribution in [0.5, 0.6) is 0 Å². The van der Waals surface area contributed by atoms with Crippen LogP contribution in [0.2, 0.25) is 58.9 Å². The van der Waals surface area contributed by atoms with Gasteiger partial charge in [-0.25, -0.2) is 17.6 Å². The fourth-order valence-corrected chi connectivity index (χ4v) is 14.3. The molecular formula is C20H27F7Si3. The molecule has 0 aliphatic heterocycles. The summed E-state index contributed by atoms with van der Waals surface area (Å²) in [6.07, 6.45) is -5.55. The molecule has 10 heteroatoms. The van der Waals surface area contributed by atoms with E-state index in [-0.39, 0.29) is 5.57 Å². The molecule has 1 aliphatic rings. The summed E-state index contributed by atoms with van der Waals surface area (Å²) in [7, 11) is -6.55. The third-order valence-corrected chi connectivity index (χ3v) is 11.5. The van der Waals surface area contributed by atoms with Crippen LogP contribution < -0.4 is 0 Å². The van der Waals surface area contributed by atoms with Gasteiger partial charge in [0.1, 0.15) is 5.56 Å². The molecule has 0 amide bonds. The molecule has 0 atom stereocenters. The van der Waals surface area contributed by atoms with Gasteiger partial charge in [-0.15, -0.1) is 0 Å². The molecule has 0 aromatic heterocycles. The summed E-state index contributed by atoms with van der Waals surface area (Å²) in [5, 5.41) is 2.49. The van der Waals surface area contributed by atoms with E-state index in [1.54, 1.807) is 0 Å². The molecule has 0 nitrogen and oxygen atoms in total. The molecule has 0 saturated carbocycles. The Kier molecular flexibility index (Phi) is 6.02. The van der Waals surface area contributed by atoms with Gasteiger partial charge in [-0.1, -0.05) is 74.5 Å². The first-order chi connectivity index (χ1) is 13.1. The summed E-state index contributed by atoms with van der Waals surface area (Å²) < 4.78 is 97.8. The van der Waals surface area contributed by atoms with E-state index in [1.807, 2.05) is 39.3 Å². The van der Waals surface area contributed by atoms with Crippen LogP contribution in [-0.2, 0) is 6.18 Å². The van der Waals surface area contributed by atoms with Crippen LogP contribution in [0.3, 0.4) is 0 Å². The SMILES string of the molecule is C[Si](C)(C)C1=C(c2c(F)c(F)c(C(F)(F)F)c(F)c2F)C([Si](C)(C)C)=C1[Si](C)(C)C. The lowest BCUT2D eigenvalue weighted by Crippen LogP contribution is -2.47. The molecular weight excluding hydrogens is 457 g/mol. The van der Waals surface area contributed by atoms with Gasteiger partial charge in [0.25, 0.3) is 0 Å². The van der Waals surface area contributed by atoms with Crippen molar-refractivity contribution in [3.63, 3.8) is 0 Å². The van der Waals surface area contributed by atoms with Gasteiger partial charge >= 0.3 is 6.18 Å². The maximum absolute atomic E-state index is 15.0. The first-order valence-electron chi connectivity index (χ1n) is 9.57. The molecule has 0 heterocycles. The smallest absolute Gasteiger partial charge is 0.203 e. The summed E-state index contributed by atoms with van der Waals surface area (Å²) >= 11 is 0. The number of hydrogen-bond acceptors (Lipinski definition) is 0. The highest BCUT2D eigenvalue weighted by Crippen LogP contribution is 2.54. The molecule has 2 rings (SSSR count). The third kappa shape index (κ3) is 4.02. The molecule has 168 valence electrons. The molecule has 1 aromatic rings. The average Bonchev–Trinajstić information content (AvgIpc) is 2.42. The van der Waals surface area contributed by atoms with Crippen LogP contribution in [0.25, 0.3) is 5.57 Å². The highest BCUT2D eigenvalue weighted by molar-refractivity contribution is 6.99. The Morgan fingerprint density at radius 1 is 0.500 bits per heavy atom. The first kappa shape index (κ1) is 25.1. The zero-order valence-corrected chi connectivity index (χ0v) is 21.6. The number of alkyl halides is 3. The lowest BCUT2D eigenvalue weighted by atomic mass is 9.94. The Morgan fingerprint density at radius 3 is 1.10 bits per heavy atom. The standard InChI is InChI=1S/C20H27F7Si3/c1-28(2,3)17-11(18(29(4,5)6)19(17)30(7,8)9)10-13(21)15(23)12(20(25,26)27)16(24)14(10)22/h1-9H3. The molecule has 0 fully saturated rings. The van der Waals surface area contributed by atoms with Crippen LogP contribution in [0, 0.1) is 23.3 Å². The number of rotatable bonds is 4. The zero-order chi connectivity index (χ0) is 23.8. The van der Waals surface area contributed by atoms with Gasteiger partial charge in [-0.3, -0.25) is 0 Å². The van der Waals surface area contributed by atoms with Crippen molar-refractivity contribution in [2.75, 3.05) is 0 Å². The number of allylic oxidation sites excluding steroid dienone is 4. The van der Waals surface area contributed by atoms with E-state index < -0.39 is 64.8 Å². The summed E-state index contributed by atoms with van der Waals surface area (Å²) in [6, 6.07) is 0. The highest BCUT2D eigenvalue weighted by Gasteiger charge is 2.50. The molecule has 1 aliphatic carbocycles. The van der Waals surface area contributed by atoms with Crippen molar-refractivity contribution in [3.05, 3.63) is 50.0 Å². The Hall–Kier alpha value is -1.14. The second kappa shape index (κ2) is 7.19. The molecule has 0 bridgehead atoms. The molecule has 0 N–H and O–H groups in total. The van der Waals surface area contributed by atoms with E-state index in [0.717, 1.165) is 15.6 Å². The van der Waals surface area contributed by atoms with E-state index in [4.69, 9.17) is 0 Å². The maximum Gasteiger partial charge on any atom is 0.422 e. The minimum atomic E-state index is -5.55. The Morgan fingerprint density at radius 2 is 0.833 bits per heavy atom. The zero-order valence-electron chi connectivity index (χ0n) is 18.6. The summed E-state index contributed by atoms with van der Waals surface area (Å²) in [5.41, 5.74) is -3.41. The van der Waals surface area contributed by atoms with Gasteiger partial charge in [0.2, 0.25) is 0 Å². The van der Waals surface area contributed by atoms with Crippen molar-refractivity contribution in [2.45, 2.75) is 65.1 Å². The summed E-state index contributed by atoms with van der Waals surface area (Å²) in [5.74, 6) is -8.74. The topological polar surface area (TPSA) is 0 Å². The van der Waals surface area contributed by atoms with Crippen molar-refractivity contribution in [1.82, 2.24) is 0 Å². The number of halogens is 7. The van der Waals surface area contributed by atoms with E-state index in [0.29, 0.717) is 0 Å². The molecule has 30 heavy (non-hydrogen) atoms. The molecule has 1 aromatic carbocycles. The Labute approximate surface area is 175 Å². The second-order valence-electron chi connectivity index (χ2n) is 10.8. The van der Waals surface area contributed by atoms with Crippen LogP contribution in [-0.4, -0.2) is 24.2 Å². The second-order valence-corrected chi connectivity index (χ2v) is 25.8. The lowest BCUT2D eigenvalue weighted by Gasteiger charge is -2.47. The molecule has 0 saturated heterocycles. The predicted molar refractivity (Wildman–Crippen MR) is 115 cm³/mol. The Bertz CT molecular complexity index is 938. The van der Waals surface area contributed by atoms with E-state index >= 15 is 0 Å². The van der Waals surface area contributed by atoms with E-state index in [1.165, 1.54) is 0 Å². The van der Waals surface area contributed by atoms with Crippen molar-refractivity contribution < 1.29 is 30.7 Å². The fourth-order valence-electron chi connectivity index (χ4n) is 4.04. The van der Waals surface area contributed by atoms with Crippen LogP contribution in [0.1, 0.15) is 11.1 Å². The van der Waals surface area contributed by atoms with E-state index in [2.05, 4.69) is 19.6 Å². The van der Waals surface area contributed by atoms with Crippen LogP contribution in [0.15, 0.2) is 15.6 Å².